The number of aromatic nitrogens is 2. The van der Waals surface area contributed by atoms with E-state index in [0.717, 1.165) is 45.0 Å². The Kier molecular flexibility index (Phi) is 5.21. The van der Waals surface area contributed by atoms with Gasteiger partial charge in [-0.1, -0.05) is 17.7 Å². The maximum Gasteiger partial charge on any atom is 0.253 e. The van der Waals surface area contributed by atoms with Gasteiger partial charge in [0, 0.05) is 49.0 Å². The van der Waals surface area contributed by atoms with E-state index < -0.39 is 0 Å². The highest BCUT2D eigenvalue weighted by Crippen LogP contribution is 2.14. The Morgan fingerprint density at radius 2 is 1.88 bits per heavy atom. The quantitative estimate of drug-likeness (QED) is 0.854. The van der Waals surface area contributed by atoms with Crippen molar-refractivity contribution in [3.05, 3.63) is 52.3 Å². The summed E-state index contributed by atoms with van der Waals surface area (Å²) in [6, 6.07) is 9.26. The van der Waals surface area contributed by atoms with Crippen molar-refractivity contribution in [2.45, 2.75) is 20.4 Å². The van der Waals surface area contributed by atoms with E-state index in [9.17, 15) is 4.79 Å². The molecule has 1 saturated heterocycles. The van der Waals surface area contributed by atoms with Crippen LogP contribution in [0.4, 0.5) is 0 Å². The third kappa shape index (κ3) is 3.97. The molecule has 1 amide bonds. The normalized spacial score (nSPS) is 15.7. The van der Waals surface area contributed by atoms with Gasteiger partial charge in [-0.2, -0.15) is 5.10 Å². The van der Waals surface area contributed by atoms with Crippen LogP contribution in [0.2, 0.25) is 5.02 Å². The molecule has 0 saturated carbocycles. The second kappa shape index (κ2) is 7.36. The van der Waals surface area contributed by atoms with Gasteiger partial charge >= 0.3 is 0 Å². The van der Waals surface area contributed by atoms with Gasteiger partial charge in [0.15, 0.2) is 0 Å². The molecule has 1 aromatic carbocycles. The summed E-state index contributed by atoms with van der Waals surface area (Å²) in [6.07, 6.45) is 0. The third-order valence-electron chi connectivity index (χ3n) is 4.46. The topological polar surface area (TPSA) is 41.4 Å². The van der Waals surface area contributed by atoms with Crippen LogP contribution in [-0.4, -0.2) is 58.2 Å². The molecule has 0 unspecified atom stereocenters. The lowest BCUT2D eigenvalue weighted by Gasteiger charge is -2.34. The van der Waals surface area contributed by atoms with Crippen molar-refractivity contribution < 1.29 is 4.79 Å². The lowest BCUT2D eigenvalue weighted by molar-refractivity contribution is 0.0632. The Morgan fingerprint density at radius 1 is 1.12 bits per heavy atom. The Morgan fingerprint density at radius 3 is 2.50 bits per heavy atom. The predicted molar refractivity (Wildman–Crippen MR) is 95.5 cm³/mol. The molecule has 1 fully saturated rings. The zero-order valence-corrected chi connectivity index (χ0v) is 15.0. The molecule has 6 heteroatoms. The lowest BCUT2D eigenvalue weighted by Crippen LogP contribution is -2.49. The number of amides is 1. The van der Waals surface area contributed by atoms with Gasteiger partial charge < -0.3 is 4.90 Å². The molecule has 0 N–H and O–H groups in total. The van der Waals surface area contributed by atoms with Crippen LogP contribution in [0.3, 0.4) is 0 Å². The Hall–Kier alpha value is -1.85. The summed E-state index contributed by atoms with van der Waals surface area (Å²) in [5.74, 6) is 0.0655. The number of carbonyl (C=O) groups excluding carboxylic acids is 1. The van der Waals surface area contributed by atoms with Gasteiger partial charge in [0.1, 0.15) is 0 Å². The molecule has 0 radical (unpaired) electrons. The van der Waals surface area contributed by atoms with Crippen LogP contribution in [0.15, 0.2) is 30.3 Å². The van der Waals surface area contributed by atoms with Crippen LogP contribution >= 0.6 is 11.6 Å². The molecular weight excluding hydrogens is 324 g/mol. The van der Waals surface area contributed by atoms with Crippen molar-refractivity contribution in [1.29, 1.82) is 0 Å². The molecule has 5 nitrogen and oxygen atoms in total. The van der Waals surface area contributed by atoms with Crippen molar-refractivity contribution in [2.24, 2.45) is 0 Å². The SMILES string of the molecule is Cc1cc(C)n(CCN2CCN(C(=O)c3cccc(Cl)c3)CC2)n1. The number of carbonyl (C=O) groups is 1. The van der Waals surface area contributed by atoms with E-state index in [1.807, 2.05) is 24.0 Å². The largest absolute Gasteiger partial charge is 0.336 e. The molecule has 3 rings (SSSR count). The summed E-state index contributed by atoms with van der Waals surface area (Å²) in [7, 11) is 0. The summed E-state index contributed by atoms with van der Waals surface area (Å²) in [6.45, 7) is 9.25. The second-order valence-electron chi connectivity index (χ2n) is 6.29. The van der Waals surface area contributed by atoms with Crippen molar-refractivity contribution in [1.82, 2.24) is 19.6 Å². The van der Waals surface area contributed by atoms with E-state index in [1.54, 1.807) is 12.1 Å². The lowest BCUT2D eigenvalue weighted by atomic mass is 10.2. The van der Waals surface area contributed by atoms with Crippen molar-refractivity contribution in [3.63, 3.8) is 0 Å². The summed E-state index contributed by atoms with van der Waals surface area (Å²) in [5.41, 5.74) is 2.92. The van der Waals surface area contributed by atoms with Gasteiger partial charge in [0.05, 0.1) is 12.2 Å². The average molecular weight is 347 g/mol. The average Bonchev–Trinajstić information content (AvgIpc) is 2.90. The molecule has 0 aliphatic carbocycles. The molecule has 24 heavy (non-hydrogen) atoms. The van der Waals surface area contributed by atoms with E-state index >= 15 is 0 Å². The minimum Gasteiger partial charge on any atom is -0.336 e. The molecule has 0 bridgehead atoms. The van der Waals surface area contributed by atoms with E-state index in [2.05, 4.69) is 27.7 Å². The number of nitrogens with zero attached hydrogens (tertiary/aromatic N) is 4. The van der Waals surface area contributed by atoms with Crippen LogP contribution in [0.25, 0.3) is 0 Å². The summed E-state index contributed by atoms with van der Waals surface area (Å²) < 4.78 is 2.05. The monoisotopic (exact) mass is 346 g/mol. The Labute approximate surface area is 147 Å². The Balaban J connectivity index is 1.50. The van der Waals surface area contributed by atoms with Crippen LogP contribution in [-0.2, 0) is 6.54 Å². The minimum atomic E-state index is 0.0655. The molecule has 2 heterocycles. The number of halogens is 1. The molecular formula is C18H23ClN4O. The molecule has 1 aromatic heterocycles. The van der Waals surface area contributed by atoms with E-state index in [1.165, 1.54) is 5.69 Å². The highest BCUT2D eigenvalue weighted by atomic mass is 35.5. The first kappa shape index (κ1) is 17.0. The van der Waals surface area contributed by atoms with Crippen LogP contribution < -0.4 is 0 Å². The van der Waals surface area contributed by atoms with Crippen molar-refractivity contribution >= 4 is 17.5 Å². The molecule has 2 aromatic rings. The first-order chi connectivity index (χ1) is 11.5. The zero-order chi connectivity index (χ0) is 17.1. The molecule has 1 aliphatic heterocycles. The number of hydrogen-bond donors (Lipinski definition) is 0. The first-order valence-electron chi connectivity index (χ1n) is 8.31. The number of rotatable bonds is 4. The molecule has 1 aliphatic rings. The van der Waals surface area contributed by atoms with Crippen LogP contribution in [0.1, 0.15) is 21.7 Å². The summed E-state index contributed by atoms with van der Waals surface area (Å²) in [5, 5.41) is 5.10. The van der Waals surface area contributed by atoms with Gasteiger partial charge in [-0.15, -0.1) is 0 Å². The second-order valence-corrected chi connectivity index (χ2v) is 6.73. The van der Waals surface area contributed by atoms with Crippen LogP contribution in [0.5, 0.6) is 0 Å². The van der Waals surface area contributed by atoms with Crippen molar-refractivity contribution in [2.75, 3.05) is 32.7 Å². The van der Waals surface area contributed by atoms with Crippen molar-refractivity contribution in [3.8, 4) is 0 Å². The van der Waals surface area contributed by atoms with Gasteiger partial charge in [-0.05, 0) is 38.1 Å². The maximum atomic E-state index is 12.5. The summed E-state index contributed by atoms with van der Waals surface area (Å²) in [4.78, 5) is 16.8. The Bertz CT molecular complexity index is 720. The molecule has 0 atom stereocenters. The minimum absolute atomic E-state index is 0.0655. The predicted octanol–water partition coefficient (Wildman–Crippen LogP) is 2.61. The number of benzene rings is 1. The van der Waals surface area contributed by atoms with Crippen LogP contribution in [0, 0.1) is 13.8 Å². The number of hydrogen-bond acceptors (Lipinski definition) is 3. The third-order valence-corrected chi connectivity index (χ3v) is 4.70. The zero-order valence-electron chi connectivity index (χ0n) is 14.2. The fraction of sp³-hybridized carbons (Fsp3) is 0.444. The summed E-state index contributed by atoms with van der Waals surface area (Å²) >= 11 is 5.98. The van der Waals surface area contributed by atoms with Gasteiger partial charge in [0.25, 0.3) is 5.91 Å². The highest BCUT2D eigenvalue weighted by Gasteiger charge is 2.22. The highest BCUT2D eigenvalue weighted by molar-refractivity contribution is 6.30. The van der Waals surface area contributed by atoms with Gasteiger partial charge in [-0.3, -0.25) is 14.4 Å². The first-order valence-corrected chi connectivity index (χ1v) is 8.69. The molecule has 128 valence electrons. The standard InChI is InChI=1S/C18H23ClN4O/c1-14-12-15(2)23(20-14)11-8-21-6-9-22(10-7-21)18(24)16-4-3-5-17(19)13-16/h3-5,12-13H,6-11H2,1-2H3. The molecule has 0 spiro atoms. The smallest absolute Gasteiger partial charge is 0.253 e. The van der Waals surface area contributed by atoms with Gasteiger partial charge in [0.2, 0.25) is 0 Å². The van der Waals surface area contributed by atoms with Gasteiger partial charge in [-0.25, -0.2) is 0 Å². The maximum absolute atomic E-state index is 12.5. The van der Waals surface area contributed by atoms with E-state index in [4.69, 9.17) is 11.6 Å². The fourth-order valence-electron chi connectivity index (χ4n) is 3.12. The number of aryl methyl sites for hydroxylation is 2. The number of piperazine rings is 1. The van der Waals surface area contributed by atoms with E-state index in [0.29, 0.717) is 10.6 Å². The van der Waals surface area contributed by atoms with E-state index in [-0.39, 0.29) is 5.91 Å². The fourth-order valence-corrected chi connectivity index (χ4v) is 3.31.